The minimum atomic E-state index is -3.73. The van der Waals surface area contributed by atoms with Crippen LogP contribution < -0.4 is 24.4 Å². The van der Waals surface area contributed by atoms with Crippen LogP contribution in [0.5, 0.6) is 23.1 Å². The number of ether oxygens (including phenoxy) is 3. The zero-order valence-electron chi connectivity index (χ0n) is 15.6. The van der Waals surface area contributed by atoms with Gasteiger partial charge in [-0.05, 0) is 25.0 Å². The molecular weight excluding hydrogens is 402 g/mol. The lowest BCUT2D eigenvalue weighted by Crippen LogP contribution is -2.48. The van der Waals surface area contributed by atoms with Crippen LogP contribution in [0, 0.1) is 0 Å². The second-order valence-electron chi connectivity index (χ2n) is 7.31. The first-order chi connectivity index (χ1) is 14.4. The van der Waals surface area contributed by atoms with Gasteiger partial charge in [0.15, 0.2) is 17.3 Å². The molecule has 0 bridgehead atoms. The summed E-state index contributed by atoms with van der Waals surface area (Å²) >= 11 is 0. The van der Waals surface area contributed by atoms with Gasteiger partial charge < -0.3 is 19.5 Å². The number of fused-ring (bicyclic) bond motifs is 1. The number of rotatable bonds is 3. The Kier molecular flexibility index (Phi) is 4.02. The molecule has 3 aliphatic rings. The number of amides is 3. The maximum atomic E-state index is 13.2. The highest BCUT2D eigenvalue weighted by Crippen LogP contribution is 2.43. The number of nitrogens with zero attached hydrogens (tertiary/aromatic N) is 3. The van der Waals surface area contributed by atoms with Gasteiger partial charge in [-0.2, -0.15) is 0 Å². The Morgan fingerprint density at radius 1 is 1.03 bits per heavy atom. The summed E-state index contributed by atoms with van der Waals surface area (Å²) in [6.07, 6.45) is 1.34. The molecular formula is C19H16F2N4O5. The van der Waals surface area contributed by atoms with Crippen molar-refractivity contribution in [3.63, 3.8) is 0 Å². The molecule has 11 heteroatoms. The molecule has 1 aromatic carbocycles. The van der Waals surface area contributed by atoms with E-state index in [1.54, 1.807) is 0 Å². The number of anilines is 1. The third kappa shape index (κ3) is 3.06. The topological polar surface area (TPSA) is 103 Å². The summed E-state index contributed by atoms with van der Waals surface area (Å²) in [6, 6.07) is 4.69. The van der Waals surface area contributed by atoms with Crippen molar-refractivity contribution in [2.45, 2.75) is 43.9 Å². The third-order valence-corrected chi connectivity index (χ3v) is 5.32. The van der Waals surface area contributed by atoms with E-state index < -0.39 is 17.9 Å². The first-order valence-electron chi connectivity index (χ1n) is 9.42. The predicted molar refractivity (Wildman–Crippen MR) is 96.6 cm³/mol. The van der Waals surface area contributed by atoms with E-state index in [9.17, 15) is 18.4 Å². The van der Waals surface area contributed by atoms with Crippen molar-refractivity contribution in [1.82, 2.24) is 15.3 Å². The van der Waals surface area contributed by atoms with Gasteiger partial charge in [0.1, 0.15) is 17.6 Å². The average molecular weight is 418 g/mol. The van der Waals surface area contributed by atoms with Crippen LogP contribution in [0.2, 0.25) is 0 Å². The molecule has 2 aromatic rings. The summed E-state index contributed by atoms with van der Waals surface area (Å²) in [5.41, 5.74) is -0.885. The maximum Gasteiger partial charge on any atom is 0.586 e. The summed E-state index contributed by atoms with van der Waals surface area (Å²) < 4.78 is 40.6. The highest BCUT2D eigenvalue weighted by molar-refractivity contribution is 6.22. The van der Waals surface area contributed by atoms with Crippen molar-refractivity contribution in [3.8, 4) is 23.1 Å². The largest absolute Gasteiger partial charge is 0.586 e. The van der Waals surface area contributed by atoms with E-state index in [1.165, 1.54) is 24.3 Å². The Labute approximate surface area is 168 Å². The summed E-state index contributed by atoms with van der Waals surface area (Å²) in [5, 5.41) is 2.81. The number of urea groups is 1. The number of hydrogen-bond donors (Lipinski definition) is 1. The van der Waals surface area contributed by atoms with Crippen LogP contribution in [0.1, 0.15) is 32.1 Å². The fourth-order valence-corrected chi connectivity index (χ4v) is 3.94. The van der Waals surface area contributed by atoms with E-state index in [4.69, 9.17) is 4.74 Å². The number of carbonyl (C=O) groups excluding carboxylic acids is 2. The van der Waals surface area contributed by atoms with Crippen LogP contribution in [-0.4, -0.2) is 33.7 Å². The molecule has 0 unspecified atom stereocenters. The lowest BCUT2D eigenvalue weighted by atomic mass is 9.82. The van der Waals surface area contributed by atoms with Gasteiger partial charge in [-0.1, -0.05) is 19.3 Å². The summed E-state index contributed by atoms with van der Waals surface area (Å²) in [4.78, 5) is 34.5. The second kappa shape index (κ2) is 6.51. The molecule has 5 rings (SSSR count). The number of halogens is 2. The van der Waals surface area contributed by atoms with E-state index in [2.05, 4.69) is 24.8 Å². The van der Waals surface area contributed by atoms with Gasteiger partial charge in [-0.25, -0.2) is 19.7 Å². The fraction of sp³-hybridized carbons (Fsp3) is 0.368. The molecule has 3 amide bonds. The number of benzene rings is 1. The standard InChI is InChI=1S/C19H16F2N4O5/c20-19(21)29-12-5-4-11(8-13(12)30-19)28-15-9-14(22-10-23-15)25-16(26)18(24-17(25)27)6-2-1-3-7-18/h4-5,8-10H,1-3,6-7H2,(H,24,27). The molecule has 2 aliphatic heterocycles. The van der Waals surface area contributed by atoms with Crippen LogP contribution >= 0.6 is 0 Å². The third-order valence-electron chi connectivity index (χ3n) is 5.32. The fourth-order valence-electron chi connectivity index (χ4n) is 3.94. The van der Waals surface area contributed by atoms with Crippen molar-refractivity contribution in [2.75, 3.05) is 4.90 Å². The number of carbonyl (C=O) groups is 2. The first-order valence-corrected chi connectivity index (χ1v) is 9.42. The highest BCUT2D eigenvalue weighted by atomic mass is 19.3. The Morgan fingerprint density at radius 3 is 2.60 bits per heavy atom. The second-order valence-corrected chi connectivity index (χ2v) is 7.31. The molecule has 1 aromatic heterocycles. The van der Waals surface area contributed by atoms with Crippen LogP contribution in [-0.2, 0) is 4.79 Å². The van der Waals surface area contributed by atoms with Crippen molar-refractivity contribution < 1.29 is 32.6 Å². The van der Waals surface area contributed by atoms with Gasteiger partial charge in [0.25, 0.3) is 5.91 Å². The lowest BCUT2D eigenvalue weighted by Gasteiger charge is -2.30. The zero-order chi connectivity index (χ0) is 20.9. The van der Waals surface area contributed by atoms with Crippen LogP contribution in [0.25, 0.3) is 0 Å². The SMILES string of the molecule is O=C1NC2(CCCCC2)C(=O)N1c1cc(Oc2ccc3c(c2)OC(F)(F)O3)ncn1. The van der Waals surface area contributed by atoms with Gasteiger partial charge in [0.05, 0.1) is 0 Å². The lowest BCUT2D eigenvalue weighted by molar-refractivity contribution is -0.286. The number of aromatic nitrogens is 2. The molecule has 2 fully saturated rings. The van der Waals surface area contributed by atoms with Crippen LogP contribution in [0.3, 0.4) is 0 Å². The molecule has 156 valence electrons. The van der Waals surface area contributed by atoms with Gasteiger partial charge >= 0.3 is 12.3 Å². The molecule has 1 N–H and O–H groups in total. The average Bonchev–Trinajstić information content (AvgIpc) is 3.13. The summed E-state index contributed by atoms with van der Waals surface area (Å²) in [7, 11) is 0. The van der Waals surface area contributed by atoms with Gasteiger partial charge in [0.2, 0.25) is 5.88 Å². The normalized spacial score (nSPS) is 21.1. The summed E-state index contributed by atoms with van der Waals surface area (Å²) in [5.74, 6) is -0.399. The molecule has 9 nitrogen and oxygen atoms in total. The Balaban J connectivity index is 1.38. The smallest absolute Gasteiger partial charge is 0.439 e. The number of nitrogens with one attached hydrogen (secondary N) is 1. The number of hydrogen-bond acceptors (Lipinski definition) is 7. The van der Waals surface area contributed by atoms with E-state index in [0.29, 0.717) is 12.8 Å². The minimum absolute atomic E-state index is 0.0239. The molecule has 1 spiro atoms. The number of imide groups is 1. The Morgan fingerprint density at radius 2 is 1.80 bits per heavy atom. The van der Waals surface area contributed by atoms with Gasteiger partial charge in [0, 0.05) is 12.1 Å². The maximum absolute atomic E-state index is 13.2. The molecule has 30 heavy (non-hydrogen) atoms. The van der Waals surface area contributed by atoms with Crippen molar-refractivity contribution in [2.24, 2.45) is 0 Å². The monoisotopic (exact) mass is 418 g/mol. The highest BCUT2D eigenvalue weighted by Gasteiger charge is 2.52. The van der Waals surface area contributed by atoms with E-state index in [-0.39, 0.29) is 34.9 Å². The molecule has 0 radical (unpaired) electrons. The Hall–Kier alpha value is -3.50. The zero-order valence-corrected chi connectivity index (χ0v) is 15.6. The van der Waals surface area contributed by atoms with Crippen molar-refractivity contribution in [3.05, 3.63) is 30.6 Å². The van der Waals surface area contributed by atoms with Crippen LogP contribution in [0.4, 0.5) is 19.4 Å². The van der Waals surface area contributed by atoms with Crippen molar-refractivity contribution >= 4 is 17.8 Å². The molecule has 1 saturated carbocycles. The van der Waals surface area contributed by atoms with Gasteiger partial charge in [-0.15, -0.1) is 8.78 Å². The van der Waals surface area contributed by atoms with E-state index in [0.717, 1.165) is 30.5 Å². The predicted octanol–water partition coefficient (Wildman–Crippen LogP) is 3.35. The molecule has 1 saturated heterocycles. The minimum Gasteiger partial charge on any atom is -0.439 e. The quantitative estimate of drug-likeness (QED) is 0.763. The van der Waals surface area contributed by atoms with Crippen molar-refractivity contribution in [1.29, 1.82) is 0 Å². The van der Waals surface area contributed by atoms with E-state index >= 15 is 0 Å². The first kappa shape index (κ1) is 18.5. The Bertz CT molecular complexity index is 1040. The van der Waals surface area contributed by atoms with Gasteiger partial charge in [-0.3, -0.25) is 4.79 Å². The molecule has 1 aliphatic carbocycles. The molecule has 3 heterocycles. The van der Waals surface area contributed by atoms with Crippen LogP contribution in [0.15, 0.2) is 30.6 Å². The molecule has 0 atom stereocenters. The van der Waals surface area contributed by atoms with E-state index in [1.807, 2.05) is 0 Å². The number of alkyl halides is 2. The summed E-state index contributed by atoms with van der Waals surface area (Å²) in [6.45, 7) is 0.